The van der Waals surface area contributed by atoms with Crippen molar-refractivity contribution in [3.05, 3.63) is 51.5 Å². The molecule has 0 bridgehead atoms. The number of aryl methyl sites for hydroxylation is 3. The second kappa shape index (κ2) is 8.10. The maximum atomic E-state index is 12.7. The van der Waals surface area contributed by atoms with Gasteiger partial charge in [-0.1, -0.05) is 29.3 Å². The first kappa shape index (κ1) is 20.0. The summed E-state index contributed by atoms with van der Waals surface area (Å²) < 4.78 is 11.0. The first-order valence-corrected chi connectivity index (χ1v) is 9.36. The normalized spacial score (nSPS) is 12.5. The minimum Gasteiger partial charge on any atom is -0.486 e. The average molecular weight is 403 g/mol. The standard InChI is InChI=1S/C21H23ClN2O4/c1-12-7-13(2)19(14(3)8-12)23-18(25)11-24(4)21(26)15-9-16(22)20-17(10-15)27-5-6-28-20/h7-10H,5-6,11H2,1-4H3,(H,23,25). The molecule has 28 heavy (non-hydrogen) atoms. The van der Waals surface area contributed by atoms with Gasteiger partial charge in [0.25, 0.3) is 5.91 Å². The zero-order valence-electron chi connectivity index (χ0n) is 16.4. The third-order valence-corrected chi connectivity index (χ3v) is 4.79. The largest absolute Gasteiger partial charge is 0.486 e. The number of halogens is 1. The van der Waals surface area contributed by atoms with Crippen LogP contribution in [-0.4, -0.2) is 43.5 Å². The maximum Gasteiger partial charge on any atom is 0.254 e. The van der Waals surface area contributed by atoms with Crippen LogP contribution < -0.4 is 14.8 Å². The Labute approximate surface area is 169 Å². The molecule has 1 aliphatic heterocycles. The van der Waals surface area contributed by atoms with Gasteiger partial charge in [0, 0.05) is 18.3 Å². The fraction of sp³-hybridized carbons (Fsp3) is 0.333. The van der Waals surface area contributed by atoms with Gasteiger partial charge < -0.3 is 19.7 Å². The highest BCUT2D eigenvalue weighted by atomic mass is 35.5. The van der Waals surface area contributed by atoms with Crippen LogP contribution in [0.5, 0.6) is 11.5 Å². The SMILES string of the molecule is Cc1cc(C)c(NC(=O)CN(C)C(=O)c2cc(Cl)c3c(c2)OCCO3)c(C)c1. The Balaban J connectivity index is 1.71. The van der Waals surface area contributed by atoms with Gasteiger partial charge in [0.2, 0.25) is 5.91 Å². The van der Waals surface area contributed by atoms with E-state index in [0.717, 1.165) is 22.4 Å². The van der Waals surface area contributed by atoms with Crippen molar-refractivity contribution in [1.82, 2.24) is 4.90 Å². The third kappa shape index (κ3) is 4.22. The highest BCUT2D eigenvalue weighted by molar-refractivity contribution is 6.32. The van der Waals surface area contributed by atoms with E-state index in [4.69, 9.17) is 21.1 Å². The predicted molar refractivity (Wildman–Crippen MR) is 109 cm³/mol. The van der Waals surface area contributed by atoms with E-state index in [9.17, 15) is 9.59 Å². The molecular weight excluding hydrogens is 380 g/mol. The Hall–Kier alpha value is -2.73. The van der Waals surface area contributed by atoms with Gasteiger partial charge in [-0.25, -0.2) is 0 Å². The van der Waals surface area contributed by atoms with Gasteiger partial charge in [0.05, 0.1) is 11.6 Å². The Morgan fingerprint density at radius 2 is 1.71 bits per heavy atom. The van der Waals surface area contributed by atoms with Gasteiger partial charge in [-0.15, -0.1) is 0 Å². The number of amides is 2. The summed E-state index contributed by atoms with van der Waals surface area (Å²) in [7, 11) is 1.57. The summed E-state index contributed by atoms with van der Waals surface area (Å²) in [4.78, 5) is 26.6. The molecule has 1 N–H and O–H groups in total. The van der Waals surface area contributed by atoms with Crippen molar-refractivity contribution in [1.29, 1.82) is 0 Å². The van der Waals surface area contributed by atoms with Gasteiger partial charge in [0.1, 0.15) is 13.2 Å². The zero-order valence-corrected chi connectivity index (χ0v) is 17.1. The highest BCUT2D eigenvalue weighted by Crippen LogP contribution is 2.38. The van der Waals surface area contributed by atoms with Crippen molar-refractivity contribution in [2.24, 2.45) is 0 Å². The van der Waals surface area contributed by atoms with E-state index >= 15 is 0 Å². The smallest absolute Gasteiger partial charge is 0.254 e. The topological polar surface area (TPSA) is 67.9 Å². The monoisotopic (exact) mass is 402 g/mol. The van der Waals surface area contributed by atoms with Crippen molar-refractivity contribution in [2.75, 3.05) is 32.1 Å². The van der Waals surface area contributed by atoms with Crippen LogP contribution >= 0.6 is 11.6 Å². The number of benzene rings is 2. The number of carbonyl (C=O) groups excluding carboxylic acids is 2. The van der Waals surface area contributed by atoms with Crippen molar-refractivity contribution in [3.8, 4) is 11.5 Å². The molecule has 0 atom stereocenters. The molecule has 0 fully saturated rings. The zero-order chi connectivity index (χ0) is 20.4. The Kier molecular flexibility index (Phi) is 5.79. The number of likely N-dealkylation sites (N-methyl/N-ethyl adjacent to an activating group) is 1. The minimum atomic E-state index is -0.327. The lowest BCUT2D eigenvalue weighted by Gasteiger charge is -2.22. The Bertz CT molecular complexity index is 919. The van der Waals surface area contributed by atoms with Crippen molar-refractivity contribution in [3.63, 3.8) is 0 Å². The molecule has 0 aliphatic carbocycles. The van der Waals surface area contributed by atoms with E-state index in [2.05, 4.69) is 5.32 Å². The lowest BCUT2D eigenvalue weighted by Crippen LogP contribution is -2.35. The summed E-state index contributed by atoms with van der Waals surface area (Å²) in [5.74, 6) is 0.280. The minimum absolute atomic E-state index is 0.0857. The van der Waals surface area contributed by atoms with Crippen molar-refractivity contribution < 1.29 is 19.1 Å². The average Bonchev–Trinajstić information content (AvgIpc) is 2.64. The highest BCUT2D eigenvalue weighted by Gasteiger charge is 2.22. The van der Waals surface area contributed by atoms with Gasteiger partial charge in [0.15, 0.2) is 11.5 Å². The Morgan fingerprint density at radius 1 is 1.07 bits per heavy atom. The fourth-order valence-corrected chi connectivity index (χ4v) is 3.56. The van der Waals surface area contributed by atoms with Crippen molar-refractivity contribution in [2.45, 2.75) is 20.8 Å². The maximum absolute atomic E-state index is 12.7. The number of anilines is 1. The van der Waals surface area contributed by atoms with Gasteiger partial charge in [-0.05, 0) is 44.0 Å². The summed E-state index contributed by atoms with van der Waals surface area (Å²) in [6.07, 6.45) is 0. The first-order chi connectivity index (χ1) is 13.3. The molecule has 0 unspecified atom stereocenters. The molecule has 6 nitrogen and oxygen atoms in total. The quantitative estimate of drug-likeness (QED) is 0.845. The van der Waals surface area contributed by atoms with Crippen LogP contribution in [0.3, 0.4) is 0 Å². The van der Waals surface area contributed by atoms with Gasteiger partial charge in [-0.2, -0.15) is 0 Å². The number of hydrogen-bond acceptors (Lipinski definition) is 4. The second-order valence-corrected chi connectivity index (χ2v) is 7.37. The molecular formula is C21H23ClN2O4. The molecule has 0 spiro atoms. The number of nitrogens with one attached hydrogen (secondary N) is 1. The summed E-state index contributed by atoms with van der Waals surface area (Å²) in [5.41, 5.74) is 4.22. The molecule has 0 aromatic heterocycles. The lowest BCUT2D eigenvalue weighted by molar-refractivity contribution is -0.116. The van der Waals surface area contributed by atoms with Crippen LogP contribution in [0.4, 0.5) is 5.69 Å². The number of hydrogen-bond donors (Lipinski definition) is 1. The summed E-state index contributed by atoms with van der Waals surface area (Å²) >= 11 is 6.20. The lowest BCUT2D eigenvalue weighted by atomic mass is 10.1. The molecule has 2 aromatic rings. The van der Waals surface area contributed by atoms with Crippen LogP contribution in [0.25, 0.3) is 0 Å². The third-order valence-electron chi connectivity index (χ3n) is 4.51. The predicted octanol–water partition coefficient (Wildman–Crippen LogP) is 3.75. The number of rotatable bonds is 4. The summed E-state index contributed by atoms with van der Waals surface area (Å²) in [5, 5.41) is 3.21. The molecule has 148 valence electrons. The molecule has 3 rings (SSSR count). The van der Waals surface area contributed by atoms with Crippen LogP contribution in [0, 0.1) is 20.8 Å². The molecule has 1 heterocycles. The summed E-state index contributed by atoms with van der Waals surface area (Å²) in [6.45, 7) is 6.63. The molecule has 7 heteroatoms. The van der Waals surface area contributed by atoms with Crippen LogP contribution in [0.15, 0.2) is 24.3 Å². The van der Waals surface area contributed by atoms with E-state index < -0.39 is 0 Å². The molecule has 1 aliphatic rings. The molecule has 0 saturated carbocycles. The number of fused-ring (bicyclic) bond motifs is 1. The fourth-order valence-electron chi connectivity index (χ4n) is 3.30. The van der Waals surface area contributed by atoms with Gasteiger partial charge in [-0.3, -0.25) is 9.59 Å². The van der Waals surface area contributed by atoms with E-state index in [-0.39, 0.29) is 18.4 Å². The molecule has 2 aromatic carbocycles. The first-order valence-electron chi connectivity index (χ1n) is 8.98. The van der Waals surface area contributed by atoms with Crippen LogP contribution in [0.1, 0.15) is 27.0 Å². The molecule has 2 amide bonds. The van der Waals surface area contributed by atoms with E-state index in [0.29, 0.717) is 35.3 Å². The summed E-state index contributed by atoms with van der Waals surface area (Å²) in [6, 6.07) is 7.13. The second-order valence-electron chi connectivity index (χ2n) is 6.97. The number of nitrogens with zero attached hydrogens (tertiary/aromatic N) is 1. The number of ether oxygens (including phenoxy) is 2. The van der Waals surface area contributed by atoms with Crippen LogP contribution in [0.2, 0.25) is 5.02 Å². The van der Waals surface area contributed by atoms with E-state index in [1.54, 1.807) is 13.1 Å². The molecule has 0 radical (unpaired) electrons. The molecule has 0 saturated heterocycles. The van der Waals surface area contributed by atoms with Crippen molar-refractivity contribution >= 4 is 29.1 Å². The van der Waals surface area contributed by atoms with Crippen LogP contribution in [-0.2, 0) is 4.79 Å². The van der Waals surface area contributed by atoms with E-state index in [1.165, 1.54) is 11.0 Å². The Morgan fingerprint density at radius 3 is 2.39 bits per heavy atom. The van der Waals surface area contributed by atoms with E-state index in [1.807, 2.05) is 32.9 Å². The number of carbonyl (C=O) groups is 2. The van der Waals surface area contributed by atoms with Gasteiger partial charge >= 0.3 is 0 Å².